The number of fused-ring (bicyclic) bond motifs is 1. The molecule has 8 nitrogen and oxygen atoms in total. The van der Waals surface area contributed by atoms with Gasteiger partial charge in [0.25, 0.3) is 0 Å². The van der Waals surface area contributed by atoms with E-state index in [1.807, 2.05) is 29.2 Å². The van der Waals surface area contributed by atoms with Gasteiger partial charge in [-0.05, 0) is 48.5 Å². The number of aromatic nitrogens is 1. The molecule has 0 spiro atoms. The molecule has 11 heteroatoms. The van der Waals surface area contributed by atoms with Crippen LogP contribution in [0.15, 0.2) is 81.3 Å². The summed E-state index contributed by atoms with van der Waals surface area (Å²) in [6.45, 7) is 2.48. The molecular weight excluding hydrogens is 574 g/mol. The number of pyridine rings is 1. The molecule has 2 N–H and O–H groups in total. The second-order valence-corrected chi connectivity index (χ2v) is 10.1. The zero-order valence-corrected chi connectivity index (χ0v) is 22.1. The van der Waals surface area contributed by atoms with Crippen LogP contribution in [0, 0.1) is 11.6 Å². The summed E-state index contributed by atoms with van der Waals surface area (Å²) in [6.07, 6.45) is 1.18. The quantitative estimate of drug-likeness (QED) is 0.190. The Morgan fingerprint density at radius 3 is 2.26 bits per heavy atom. The van der Waals surface area contributed by atoms with E-state index in [1.54, 1.807) is 0 Å². The summed E-state index contributed by atoms with van der Waals surface area (Å²) in [5.41, 5.74) is 1.00. The lowest BCUT2D eigenvalue weighted by Crippen LogP contribution is -2.48. The number of carboxylic acid groups (broad SMARTS) is 1. The predicted molar refractivity (Wildman–Crippen MR) is 148 cm³/mol. The normalized spacial score (nSPS) is 14.6. The van der Waals surface area contributed by atoms with Crippen molar-refractivity contribution in [2.45, 2.75) is 0 Å². The fraction of sp³-hybridized carbons (Fsp3) is 0.179. The molecule has 39 heavy (non-hydrogen) atoms. The fourth-order valence-corrected chi connectivity index (χ4v) is 4.99. The third-order valence-corrected chi connectivity index (χ3v) is 7.32. The average Bonchev–Trinajstić information content (AvgIpc) is 2.93. The number of hydrogen-bond donors (Lipinski definition) is 2. The van der Waals surface area contributed by atoms with Crippen molar-refractivity contribution in [3.05, 3.63) is 104 Å². The maximum Gasteiger partial charge on any atom is 0.341 e. The van der Waals surface area contributed by atoms with Crippen molar-refractivity contribution >= 4 is 44.2 Å². The minimum Gasteiger partial charge on any atom is -0.477 e. The fourth-order valence-electron chi connectivity index (χ4n) is 4.73. The van der Waals surface area contributed by atoms with E-state index in [9.17, 15) is 24.3 Å². The van der Waals surface area contributed by atoms with Gasteiger partial charge in [-0.3, -0.25) is 9.69 Å². The van der Waals surface area contributed by atoms with Crippen molar-refractivity contribution < 1.29 is 23.9 Å². The number of oxime groups is 1. The monoisotopic (exact) mass is 596 g/mol. The highest BCUT2D eigenvalue weighted by Crippen LogP contribution is 2.28. The Kier molecular flexibility index (Phi) is 7.45. The largest absolute Gasteiger partial charge is 0.477 e. The molecule has 0 bridgehead atoms. The molecule has 0 saturated carbocycles. The summed E-state index contributed by atoms with van der Waals surface area (Å²) in [7, 11) is 0. The molecule has 1 saturated heterocycles. The summed E-state index contributed by atoms with van der Waals surface area (Å²) >= 11 is 3.39. The first kappa shape index (κ1) is 26.5. The second-order valence-electron chi connectivity index (χ2n) is 9.16. The van der Waals surface area contributed by atoms with Gasteiger partial charge >= 0.3 is 5.97 Å². The van der Waals surface area contributed by atoms with E-state index in [0.29, 0.717) is 49.6 Å². The zero-order chi connectivity index (χ0) is 27.7. The SMILES string of the molecule is O=C(O)c1cn(-c2ccc(F)cc2)c2cc(N3CCN(CC(=NO)c4ccc(Br)cc4)CC3)c(F)cc2c1=O. The van der Waals surface area contributed by atoms with Crippen molar-refractivity contribution in [1.82, 2.24) is 9.47 Å². The van der Waals surface area contributed by atoms with Crippen LogP contribution < -0.4 is 10.3 Å². The van der Waals surface area contributed by atoms with Crippen molar-refractivity contribution in [3.63, 3.8) is 0 Å². The number of piperazine rings is 1. The van der Waals surface area contributed by atoms with Crippen LogP contribution in [-0.4, -0.2) is 64.2 Å². The van der Waals surface area contributed by atoms with Crippen LogP contribution in [0.3, 0.4) is 0 Å². The number of anilines is 1. The first-order chi connectivity index (χ1) is 18.7. The van der Waals surface area contributed by atoms with E-state index in [0.717, 1.165) is 16.1 Å². The number of carboxylic acids is 1. The number of carbonyl (C=O) groups is 1. The summed E-state index contributed by atoms with van der Waals surface area (Å²) in [4.78, 5) is 28.6. The minimum atomic E-state index is -1.44. The molecule has 1 aromatic heterocycles. The number of halogens is 3. The third kappa shape index (κ3) is 5.41. The molecule has 0 unspecified atom stereocenters. The van der Waals surface area contributed by atoms with E-state index in [2.05, 4.69) is 26.0 Å². The first-order valence-corrected chi connectivity index (χ1v) is 12.9. The average molecular weight is 597 g/mol. The minimum absolute atomic E-state index is 0.0857. The molecule has 4 aromatic rings. The lowest BCUT2D eigenvalue weighted by Gasteiger charge is -2.36. The van der Waals surface area contributed by atoms with E-state index in [1.165, 1.54) is 41.1 Å². The highest BCUT2D eigenvalue weighted by atomic mass is 79.9. The molecule has 0 atom stereocenters. The lowest BCUT2D eigenvalue weighted by atomic mass is 10.1. The standard InChI is InChI=1S/C28H23BrF2N4O4/c29-18-3-1-17(2-4-18)24(32-39)16-33-9-11-34(12-10-33)26-14-25-21(13-23(26)31)27(36)22(28(37)38)15-35(25)20-7-5-19(30)6-8-20/h1-8,13-15,39H,9-12,16H2,(H,37,38). The number of benzene rings is 3. The number of nitrogens with zero attached hydrogens (tertiary/aromatic N) is 4. The van der Waals surface area contributed by atoms with Crippen LogP contribution in [0.4, 0.5) is 14.5 Å². The van der Waals surface area contributed by atoms with Crippen LogP contribution in [0.5, 0.6) is 0 Å². The Bertz CT molecular complexity index is 1630. The zero-order valence-electron chi connectivity index (χ0n) is 20.5. The second kappa shape index (κ2) is 11.0. The smallest absolute Gasteiger partial charge is 0.341 e. The highest BCUT2D eigenvalue weighted by molar-refractivity contribution is 9.10. The van der Waals surface area contributed by atoms with Gasteiger partial charge in [0.1, 0.15) is 22.9 Å². The molecule has 1 fully saturated rings. The van der Waals surface area contributed by atoms with E-state index in [-0.39, 0.29) is 11.1 Å². The first-order valence-electron chi connectivity index (χ1n) is 12.1. The predicted octanol–water partition coefficient (Wildman–Crippen LogP) is 4.73. The van der Waals surface area contributed by atoms with Gasteiger partial charge in [-0.25, -0.2) is 13.6 Å². The van der Waals surface area contributed by atoms with E-state index in [4.69, 9.17) is 0 Å². The summed E-state index contributed by atoms with van der Waals surface area (Å²) in [5.74, 6) is -2.55. The Labute approximate surface area is 230 Å². The van der Waals surface area contributed by atoms with E-state index >= 15 is 4.39 Å². The molecule has 1 aliphatic heterocycles. The van der Waals surface area contributed by atoms with Crippen LogP contribution in [0.2, 0.25) is 0 Å². The molecule has 5 rings (SSSR count). The van der Waals surface area contributed by atoms with Crippen LogP contribution in [0.25, 0.3) is 16.6 Å². The van der Waals surface area contributed by atoms with Gasteiger partial charge in [0.2, 0.25) is 5.43 Å². The summed E-state index contributed by atoms with van der Waals surface area (Å²) < 4.78 is 31.3. The number of rotatable bonds is 6. The highest BCUT2D eigenvalue weighted by Gasteiger charge is 2.24. The van der Waals surface area contributed by atoms with Gasteiger partial charge in [-0.1, -0.05) is 33.2 Å². The van der Waals surface area contributed by atoms with Gasteiger partial charge in [0, 0.05) is 60.0 Å². The Morgan fingerprint density at radius 2 is 1.64 bits per heavy atom. The molecule has 3 aromatic carbocycles. The Balaban J connectivity index is 1.44. The third-order valence-electron chi connectivity index (χ3n) is 6.79. The molecule has 0 amide bonds. The van der Waals surface area contributed by atoms with Gasteiger partial charge in [0.15, 0.2) is 0 Å². The topological polar surface area (TPSA) is 98.4 Å². The molecule has 0 aliphatic carbocycles. The lowest BCUT2D eigenvalue weighted by molar-refractivity contribution is 0.0695. The van der Waals surface area contributed by atoms with Gasteiger partial charge in [-0.2, -0.15) is 0 Å². The van der Waals surface area contributed by atoms with Crippen molar-refractivity contribution in [1.29, 1.82) is 0 Å². The summed E-state index contributed by atoms with van der Waals surface area (Å²) in [5, 5.41) is 22.5. The van der Waals surface area contributed by atoms with Crippen molar-refractivity contribution in [2.24, 2.45) is 5.16 Å². The van der Waals surface area contributed by atoms with Crippen LogP contribution in [0.1, 0.15) is 15.9 Å². The Hall–Kier alpha value is -4.09. The molecular formula is C28H23BrF2N4O4. The van der Waals surface area contributed by atoms with Crippen molar-refractivity contribution in [3.8, 4) is 5.69 Å². The molecule has 1 aliphatic rings. The van der Waals surface area contributed by atoms with Crippen molar-refractivity contribution in [2.75, 3.05) is 37.6 Å². The summed E-state index contributed by atoms with van der Waals surface area (Å²) in [6, 6.07) is 15.4. The molecule has 200 valence electrons. The maximum absolute atomic E-state index is 15.4. The van der Waals surface area contributed by atoms with Gasteiger partial charge in [-0.15, -0.1) is 0 Å². The number of hydrogen-bond acceptors (Lipinski definition) is 6. The molecule has 0 radical (unpaired) electrons. The van der Waals surface area contributed by atoms with Gasteiger partial charge < -0.3 is 19.8 Å². The number of aromatic carboxylic acids is 1. The van der Waals surface area contributed by atoms with Gasteiger partial charge in [0.05, 0.1) is 11.2 Å². The van der Waals surface area contributed by atoms with Crippen LogP contribution in [-0.2, 0) is 0 Å². The van der Waals surface area contributed by atoms with E-state index < -0.39 is 28.6 Å². The Morgan fingerprint density at radius 1 is 0.974 bits per heavy atom. The molecule has 2 heterocycles. The van der Waals surface area contributed by atoms with Crippen LogP contribution >= 0.6 is 15.9 Å². The maximum atomic E-state index is 15.4.